The van der Waals surface area contributed by atoms with E-state index < -0.39 is 0 Å². The summed E-state index contributed by atoms with van der Waals surface area (Å²) in [6, 6.07) is 0. The van der Waals surface area contributed by atoms with E-state index in [1.807, 2.05) is 0 Å². The van der Waals surface area contributed by atoms with Gasteiger partial charge >= 0.3 is 0 Å². The molecular formula is C17H30ClN. The van der Waals surface area contributed by atoms with E-state index in [1.54, 1.807) is 0 Å². The van der Waals surface area contributed by atoms with E-state index in [1.165, 1.54) is 63.4 Å². The smallest absolute Gasteiger partial charge is 0.169 e. The Morgan fingerprint density at radius 1 is 1.05 bits per heavy atom. The fraction of sp³-hybridized carbons (Fsp3) is 0.706. The Morgan fingerprint density at radius 2 is 1.68 bits per heavy atom. The van der Waals surface area contributed by atoms with Crippen LogP contribution in [-0.4, -0.2) is 17.3 Å². The van der Waals surface area contributed by atoms with Crippen LogP contribution in [0, 0.1) is 0 Å². The minimum Gasteiger partial charge on any atom is -1.00 e. The zero-order valence-corrected chi connectivity index (χ0v) is 13.5. The lowest BCUT2D eigenvalue weighted by atomic mass is 10.1. The molecule has 0 unspecified atom stereocenters. The fourth-order valence-electron chi connectivity index (χ4n) is 2.26. The molecule has 0 spiro atoms. The van der Waals surface area contributed by atoms with Gasteiger partial charge in [0.1, 0.15) is 6.21 Å². The Hall–Kier alpha value is -0.560. The normalized spacial score (nSPS) is 16.3. The highest BCUT2D eigenvalue weighted by atomic mass is 35.5. The van der Waals surface area contributed by atoms with Crippen LogP contribution in [0.4, 0.5) is 0 Å². The minimum atomic E-state index is 0. The first kappa shape index (κ1) is 18.4. The third-order valence-electron chi connectivity index (χ3n) is 3.57. The molecule has 1 aliphatic rings. The van der Waals surface area contributed by atoms with Crippen LogP contribution in [0.2, 0.25) is 0 Å². The van der Waals surface area contributed by atoms with Crippen molar-refractivity contribution >= 4 is 6.21 Å². The van der Waals surface area contributed by atoms with Gasteiger partial charge in [-0.1, -0.05) is 51.9 Å². The van der Waals surface area contributed by atoms with Crippen molar-refractivity contribution in [3.8, 4) is 0 Å². The van der Waals surface area contributed by atoms with Crippen molar-refractivity contribution in [2.45, 2.75) is 71.6 Å². The quantitative estimate of drug-likeness (QED) is 0.450. The molecule has 0 fully saturated rings. The molecule has 0 aromatic carbocycles. The molecule has 0 radical (unpaired) electrons. The Bertz CT molecular complexity index is 302. The standard InChI is InChI=1S/C17H30N.ClH/c1-3-4-5-6-7-8-9-10-11-14-18-15-12-17(2)13-16-18;/h12-15H,3-11,16H2,1-2H3;1H/q+1;/p-1. The van der Waals surface area contributed by atoms with Gasteiger partial charge in [0.15, 0.2) is 12.7 Å². The van der Waals surface area contributed by atoms with E-state index in [2.05, 4.69) is 43.0 Å². The van der Waals surface area contributed by atoms with Gasteiger partial charge in [0.25, 0.3) is 0 Å². The van der Waals surface area contributed by atoms with Crippen LogP contribution in [0.3, 0.4) is 0 Å². The van der Waals surface area contributed by atoms with Gasteiger partial charge in [-0.05, 0) is 25.0 Å². The van der Waals surface area contributed by atoms with Crippen LogP contribution >= 0.6 is 0 Å². The summed E-state index contributed by atoms with van der Waals surface area (Å²) in [5.41, 5.74) is 1.38. The second-order valence-electron chi connectivity index (χ2n) is 5.41. The summed E-state index contributed by atoms with van der Waals surface area (Å²) < 4.78 is 2.30. The van der Waals surface area contributed by atoms with Gasteiger partial charge in [0, 0.05) is 12.5 Å². The summed E-state index contributed by atoms with van der Waals surface area (Å²) in [7, 11) is 0. The van der Waals surface area contributed by atoms with Gasteiger partial charge in [-0.3, -0.25) is 0 Å². The molecule has 0 atom stereocenters. The monoisotopic (exact) mass is 283 g/mol. The first-order valence-corrected chi connectivity index (χ1v) is 7.77. The molecule has 0 bridgehead atoms. The predicted octanol–water partition coefficient (Wildman–Crippen LogP) is 2.08. The van der Waals surface area contributed by atoms with Gasteiger partial charge in [-0.2, -0.15) is 0 Å². The Balaban J connectivity index is 0.00000324. The number of nitrogens with zero attached hydrogens (tertiary/aromatic N) is 1. The Kier molecular flexibility index (Phi) is 12.1. The van der Waals surface area contributed by atoms with Crippen molar-refractivity contribution in [3.63, 3.8) is 0 Å². The summed E-state index contributed by atoms with van der Waals surface area (Å²) in [5.74, 6) is 0. The molecule has 0 aromatic heterocycles. The van der Waals surface area contributed by atoms with Gasteiger partial charge < -0.3 is 12.4 Å². The van der Waals surface area contributed by atoms with Crippen LogP contribution in [0.25, 0.3) is 0 Å². The van der Waals surface area contributed by atoms with Crippen LogP contribution in [-0.2, 0) is 0 Å². The van der Waals surface area contributed by atoms with Crippen molar-refractivity contribution in [3.05, 3.63) is 23.9 Å². The fourth-order valence-corrected chi connectivity index (χ4v) is 2.26. The molecule has 0 N–H and O–H groups in total. The molecule has 1 heterocycles. The average molecular weight is 284 g/mol. The highest BCUT2D eigenvalue weighted by molar-refractivity contribution is 5.51. The van der Waals surface area contributed by atoms with Crippen LogP contribution < -0.4 is 12.4 Å². The molecule has 19 heavy (non-hydrogen) atoms. The number of halogens is 1. The number of unbranched alkanes of at least 4 members (excludes halogenated alkanes) is 8. The zero-order valence-electron chi connectivity index (χ0n) is 12.7. The van der Waals surface area contributed by atoms with E-state index in [0.717, 1.165) is 6.54 Å². The maximum Gasteiger partial charge on any atom is 0.169 e. The summed E-state index contributed by atoms with van der Waals surface area (Å²) in [6.07, 6.45) is 21.5. The number of hydrogen-bond acceptors (Lipinski definition) is 0. The molecule has 110 valence electrons. The number of allylic oxidation sites excluding steroid dienone is 2. The first-order chi connectivity index (χ1) is 8.83. The second kappa shape index (κ2) is 12.5. The lowest BCUT2D eigenvalue weighted by Crippen LogP contribution is -3.00. The highest BCUT2D eigenvalue weighted by Crippen LogP contribution is 2.09. The lowest BCUT2D eigenvalue weighted by Gasteiger charge is -2.01. The Morgan fingerprint density at radius 3 is 2.26 bits per heavy atom. The molecule has 0 amide bonds. The second-order valence-corrected chi connectivity index (χ2v) is 5.41. The van der Waals surface area contributed by atoms with E-state index in [-0.39, 0.29) is 12.4 Å². The molecule has 1 rings (SSSR count). The van der Waals surface area contributed by atoms with E-state index in [9.17, 15) is 0 Å². The molecule has 1 aliphatic heterocycles. The number of rotatable bonds is 9. The summed E-state index contributed by atoms with van der Waals surface area (Å²) >= 11 is 0. The molecule has 0 saturated heterocycles. The zero-order chi connectivity index (χ0) is 13.1. The maximum atomic E-state index is 2.34. The van der Waals surface area contributed by atoms with E-state index in [4.69, 9.17) is 0 Å². The average Bonchev–Trinajstić information content (AvgIpc) is 2.39. The Labute approximate surface area is 125 Å². The molecule has 0 aromatic rings. The van der Waals surface area contributed by atoms with Crippen molar-refractivity contribution in [2.75, 3.05) is 6.54 Å². The number of hydrogen-bond donors (Lipinski definition) is 0. The molecule has 0 aliphatic carbocycles. The summed E-state index contributed by atoms with van der Waals surface area (Å²) in [5, 5.41) is 0. The first-order valence-electron chi connectivity index (χ1n) is 7.77. The maximum absolute atomic E-state index is 2.34. The topological polar surface area (TPSA) is 3.01 Å². The minimum absolute atomic E-state index is 0. The van der Waals surface area contributed by atoms with Gasteiger partial charge in [-0.25, -0.2) is 4.58 Å². The van der Waals surface area contributed by atoms with Crippen molar-refractivity contribution in [1.29, 1.82) is 0 Å². The summed E-state index contributed by atoms with van der Waals surface area (Å²) in [4.78, 5) is 0. The molecular weight excluding hydrogens is 254 g/mol. The van der Waals surface area contributed by atoms with Crippen molar-refractivity contribution in [2.24, 2.45) is 0 Å². The highest BCUT2D eigenvalue weighted by Gasteiger charge is 2.02. The van der Waals surface area contributed by atoms with Gasteiger partial charge in [0.05, 0.1) is 0 Å². The van der Waals surface area contributed by atoms with Crippen LogP contribution in [0.15, 0.2) is 23.9 Å². The largest absolute Gasteiger partial charge is 1.00 e. The summed E-state index contributed by atoms with van der Waals surface area (Å²) in [6.45, 7) is 5.49. The third kappa shape index (κ3) is 9.95. The van der Waals surface area contributed by atoms with Gasteiger partial charge in [-0.15, -0.1) is 0 Å². The van der Waals surface area contributed by atoms with Crippen molar-refractivity contribution in [1.82, 2.24) is 0 Å². The molecule has 0 saturated carbocycles. The van der Waals surface area contributed by atoms with Crippen LogP contribution in [0.1, 0.15) is 71.6 Å². The van der Waals surface area contributed by atoms with E-state index >= 15 is 0 Å². The van der Waals surface area contributed by atoms with E-state index in [0.29, 0.717) is 0 Å². The lowest BCUT2D eigenvalue weighted by molar-refractivity contribution is -0.442. The van der Waals surface area contributed by atoms with Gasteiger partial charge in [0.2, 0.25) is 0 Å². The van der Waals surface area contributed by atoms with Crippen LogP contribution in [0.5, 0.6) is 0 Å². The molecule has 1 nitrogen and oxygen atoms in total. The SMILES string of the molecule is CCCCCCCCCCC=[N+]1C=CC(C)=CC1.[Cl-]. The molecule has 2 heteroatoms. The van der Waals surface area contributed by atoms with Crippen molar-refractivity contribution < 1.29 is 17.0 Å². The third-order valence-corrected chi connectivity index (χ3v) is 3.57. The predicted molar refractivity (Wildman–Crippen MR) is 81.3 cm³/mol.